The Morgan fingerprint density at radius 1 is 1.38 bits per heavy atom. The van der Waals surface area contributed by atoms with Crippen LogP contribution in [0.4, 0.5) is 0 Å². The molecule has 0 radical (unpaired) electrons. The Bertz CT molecular complexity index is 641. The molecule has 0 unspecified atom stereocenters. The Balaban J connectivity index is 1.84. The molecule has 6 heteroatoms. The van der Waals surface area contributed by atoms with Crippen LogP contribution in [-0.2, 0) is 10.3 Å². The second-order valence-corrected chi connectivity index (χ2v) is 8.33. The Morgan fingerprint density at radius 2 is 2.04 bits per heavy atom. The first-order valence-corrected chi connectivity index (χ1v) is 9.01. The van der Waals surface area contributed by atoms with Crippen LogP contribution in [0.5, 0.6) is 0 Å². The maximum atomic E-state index is 12.5. The second kappa shape index (κ2) is 6.19. The lowest BCUT2D eigenvalue weighted by atomic mass is 9.82. The summed E-state index contributed by atoms with van der Waals surface area (Å²) in [5, 5.41) is 21.1. The molecule has 2 aliphatic carbocycles. The molecule has 2 saturated carbocycles. The van der Waals surface area contributed by atoms with E-state index in [1.807, 2.05) is 27.0 Å². The molecule has 130 valence electrons. The molecule has 1 aromatic rings. The van der Waals surface area contributed by atoms with Gasteiger partial charge >= 0.3 is 0 Å². The molecule has 1 aromatic heterocycles. The van der Waals surface area contributed by atoms with Crippen LogP contribution in [0.25, 0.3) is 0 Å². The van der Waals surface area contributed by atoms with E-state index in [9.17, 15) is 10.1 Å². The standard InChI is InChI=1S/C18H27N5O/c1-17(2,3)16(24)20-15(13-7-5-4-6-8-13)14-11-23(22-21-14)18(12-19)9-10-18/h11,13,15H,4-10H2,1-3H3,(H,20,24)/t15-/m0/s1. The molecule has 0 bridgehead atoms. The van der Waals surface area contributed by atoms with Gasteiger partial charge < -0.3 is 5.32 Å². The molecule has 2 aliphatic rings. The number of nitrogens with zero attached hydrogens (tertiary/aromatic N) is 4. The van der Waals surface area contributed by atoms with E-state index in [0.29, 0.717) is 5.92 Å². The minimum atomic E-state index is -0.504. The molecule has 0 saturated heterocycles. The number of nitrogens with one attached hydrogen (secondary N) is 1. The van der Waals surface area contributed by atoms with Crippen LogP contribution >= 0.6 is 0 Å². The molecule has 1 amide bonds. The highest BCUT2D eigenvalue weighted by Gasteiger charge is 2.47. The van der Waals surface area contributed by atoms with E-state index in [0.717, 1.165) is 31.4 Å². The molecular formula is C18H27N5O. The van der Waals surface area contributed by atoms with Gasteiger partial charge in [0, 0.05) is 5.41 Å². The second-order valence-electron chi connectivity index (χ2n) is 8.33. The Kier molecular flexibility index (Phi) is 4.37. The van der Waals surface area contributed by atoms with Crippen molar-refractivity contribution in [3.05, 3.63) is 11.9 Å². The average molecular weight is 329 g/mol. The molecule has 0 aliphatic heterocycles. The highest BCUT2D eigenvalue weighted by atomic mass is 16.2. The molecule has 0 aromatic carbocycles. The number of carbonyl (C=O) groups is 1. The zero-order valence-electron chi connectivity index (χ0n) is 14.9. The topological polar surface area (TPSA) is 83.6 Å². The van der Waals surface area contributed by atoms with Crippen molar-refractivity contribution in [2.45, 2.75) is 77.3 Å². The molecular weight excluding hydrogens is 302 g/mol. The van der Waals surface area contributed by atoms with Crippen molar-refractivity contribution in [3.8, 4) is 6.07 Å². The predicted octanol–water partition coefficient (Wildman–Crippen LogP) is 3.07. The number of aromatic nitrogens is 3. The normalized spacial score (nSPS) is 21.8. The van der Waals surface area contributed by atoms with Crippen LogP contribution in [0.3, 0.4) is 0 Å². The minimum Gasteiger partial charge on any atom is -0.347 e. The van der Waals surface area contributed by atoms with Gasteiger partial charge in [-0.2, -0.15) is 5.26 Å². The maximum Gasteiger partial charge on any atom is 0.225 e. The number of rotatable bonds is 4. The molecule has 2 fully saturated rings. The van der Waals surface area contributed by atoms with Gasteiger partial charge in [-0.1, -0.05) is 45.2 Å². The Morgan fingerprint density at radius 3 is 2.58 bits per heavy atom. The van der Waals surface area contributed by atoms with Crippen molar-refractivity contribution in [2.75, 3.05) is 0 Å². The number of nitriles is 1. The van der Waals surface area contributed by atoms with Gasteiger partial charge in [-0.05, 0) is 31.6 Å². The summed E-state index contributed by atoms with van der Waals surface area (Å²) in [6.07, 6.45) is 9.39. The van der Waals surface area contributed by atoms with Crippen LogP contribution in [0.15, 0.2) is 6.20 Å². The Labute approximate surface area is 143 Å². The predicted molar refractivity (Wildman–Crippen MR) is 89.8 cm³/mol. The van der Waals surface area contributed by atoms with Gasteiger partial charge in [0.25, 0.3) is 0 Å². The fourth-order valence-corrected chi connectivity index (χ4v) is 3.40. The largest absolute Gasteiger partial charge is 0.347 e. The van der Waals surface area contributed by atoms with Gasteiger partial charge in [0.2, 0.25) is 5.91 Å². The summed E-state index contributed by atoms with van der Waals surface area (Å²) in [4.78, 5) is 12.5. The van der Waals surface area contributed by atoms with E-state index < -0.39 is 11.0 Å². The Hall–Kier alpha value is -1.90. The molecule has 24 heavy (non-hydrogen) atoms. The first-order valence-electron chi connectivity index (χ1n) is 9.01. The van der Waals surface area contributed by atoms with Crippen molar-refractivity contribution in [3.63, 3.8) is 0 Å². The smallest absolute Gasteiger partial charge is 0.225 e. The van der Waals surface area contributed by atoms with Crippen molar-refractivity contribution >= 4 is 5.91 Å². The minimum absolute atomic E-state index is 0.0361. The number of carbonyl (C=O) groups excluding carboxylic acids is 1. The van der Waals surface area contributed by atoms with Crippen molar-refractivity contribution in [2.24, 2.45) is 11.3 Å². The SMILES string of the molecule is CC(C)(C)C(=O)N[C@H](c1cn(C2(C#N)CC2)nn1)C1CCCCC1. The van der Waals surface area contributed by atoms with Crippen LogP contribution in [0.2, 0.25) is 0 Å². The van der Waals surface area contributed by atoms with Gasteiger partial charge in [0.15, 0.2) is 5.54 Å². The average Bonchev–Trinajstić information content (AvgIpc) is 3.21. The summed E-state index contributed by atoms with van der Waals surface area (Å²) >= 11 is 0. The first-order chi connectivity index (χ1) is 11.4. The van der Waals surface area contributed by atoms with E-state index in [-0.39, 0.29) is 11.9 Å². The van der Waals surface area contributed by atoms with Gasteiger partial charge in [-0.15, -0.1) is 5.10 Å². The summed E-state index contributed by atoms with van der Waals surface area (Å²) < 4.78 is 1.70. The van der Waals surface area contributed by atoms with Crippen LogP contribution < -0.4 is 5.32 Å². The highest BCUT2D eigenvalue weighted by molar-refractivity contribution is 5.81. The van der Waals surface area contributed by atoms with E-state index >= 15 is 0 Å². The molecule has 3 rings (SSSR count). The summed E-state index contributed by atoms with van der Waals surface area (Å²) in [5.74, 6) is 0.432. The zero-order chi connectivity index (χ0) is 17.4. The lowest BCUT2D eigenvalue weighted by Crippen LogP contribution is -2.40. The zero-order valence-corrected chi connectivity index (χ0v) is 14.9. The molecule has 1 atom stereocenters. The lowest BCUT2D eigenvalue weighted by molar-refractivity contribution is -0.129. The summed E-state index contributed by atoms with van der Waals surface area (Å²) in [6.45, 7) is 5.77. The molecule has 1 N–H and O–H groups in total. The number of amides is 1. The maximum absolute atomic E-state index is 12.5. The monoisotopic (exact) mass is 329 g/mol. The fourth-order valence-electron chi connectivity index (χ4n) is 3.40. The highest BCUT2D eigenvalue weighted by Crippen LogP contribution is 2.43. The van der Waals surface area contributed by atoms with Crippen molar-refractivity contribution in [1.82, 2.24) is 20.3 Å². The summed E-state index contributed by atoms with van der Waals surface area (Å²) in [6, 6.07) is 2.23. The van der Waals surface area contributed by atoms with Gasteiger partial charge in [-0.25, -0.2) is 4.68 Å². The van der Waals surface area contributed by atoms with Crippen LogP contribution in [0, 0.1) is 22.7 Å². The quantitative estimate of drug-likeness (QED) is 0.920. The van der Waals surface area contributed by atoms with Gasteiger partial charge in [0.1, 0.15) is 5.69 Å². The van der Waals surface area contributed by atoms with Crippen molar-refractivity contribution < 1.29 is 4.79 Å². The molecule has 6 nitrogen and oxygen atoms in total. The summed E-state index contributed by atoms with van der Waals surface area (Å²) in [5.41, 5.74) is -0.148. The van der Waals surface area contributed by atoms with Crippen LogP contribution in [0.1, 0.15) is 77.5 Å². The lowest BCUT2D eigenvalue weighted by Gasteiger charge is -2.31. The fraction of sp³-hybridized carbons (Fsp3) is 0.778. The van der Waals surface area contributed by atoms with Gasteiger partial charge in [0.05, 0.1) is 18.3 Å². The van der Waals surface area contributed by atoms with E-state index in [4.69, 9.17) is 0 Å². The molecule has 1 heterocycles. The third kappa shape index (κ3) is 3.31. The van der Waals surface area contributed by atoms with Gasteiger partial charge in [-0.3, -0.25) is 4.79 Å². The van der Waals surface area contributed by atoms with E-state index in [2.05, 4.69) is 21.7 Å². The third-order valence-corrected chi connectivity index (χ3v) is 5.29. The van der Waals surface area contributed by atoms with E-state index in [1.54, 1.807) is 4.68 Å². The number of hydrogen-bond donors (Lipinski definition) is 1. The summed E-state index contributed by atoms with van der Waals surface area (Å²) in [7, 11) is 0. The first kappa shape index (κ1) is 16.9. The molecule has 0 spiro atoms. The van der Waals surface area contributed by atoms with Crippen LogP contribution in [-0.4, -0.2) is 20.9 Å². The number of hydrogen-bond acceptors (Lipinski definition) is 4. The third-order valence-electron chi connectivity index (χ3n) is 5.29. The van der Waals surface area contributed by atoms with E-state index in [1.165, 1.54) is 19.3 Å². The van der Waals surface area contributed by atoms with Crippen molar-refractivity contribution in [1.29, 1.82) is 5.26 Å².